The molecule has 0 saturated heterocycles. The van der Waals surface area contributed by atoms with Gasteiger partial charge in [-0.2, -0.15) is 0 Å². The number of likely N-dealkylation sites (N-methyl/N-ethyl adjacent to an activating group) is 1. The molecular formula is C14H26N2O4. The molecule has 6 heteroatoms. The van der Waals surface area contributed by atoms with Gasteiger partial charge in [-0.1, -0.05) is 12.8 Å². The van der Waals surface area contributed by atoms with Crippen LogP contribution in [0.5, 0.6) is 0 Å². The third kappa shape index (κ3) is 5.00. The van der Waals surface area contributed by atoms with Gasteiger partial charge in [-0.05, 0) is 25.7 Å². The lowest BCUT2D eigenvalue weighted by atomic mass is 9.79. The minimum absolute atomic E-state index is 0.0475. The Labute approximate surface area is 120 Å². The van der Waals surface area contributed by atoms with Gasteiger partial charge >= 0.3 is 12.0 Å². The smallest absolute Gasteiger partial charge is 0.317 e. The predicted octanol–water partition coefficient (Wildman–Crippen LogP) is 1.56. The largest absolute Gasteiger partial charge is 0.481 e. The van der Waals surface area contributed by atoms with E-state index in [0.717, 1.165) is 25.7 Å². The molecule has 1 aliphatic carbocycles. The van der Waals surface area contributed by atoms with Crippen LogP contribution < -0.4 is 5.32 Å². The molecule has 2 atom stereocenters. The summed E-state index contributed by atoms with van der Waals surface area (Å²) in [6, 6.07) is -0.140. The number of methoxy groups -OCH3 is 1. The van der Waals surface area contributed by atoms with Gasteiger partial charge in [-0.25, -0.2) is 4.79 Å². The number of carboxylic acids is 1. The number of urea groups is 1. The Morgan fingerprint density at radius 1 is 1.35 bits per heavy atom. The summed E-state index contributed by atoms with van der Waals surface area (Å²) in [5.74, 6) is -1.01. The van der Waals surface area contributed by atoms with Gasteiger partial charge in [-0.15, -0.1) is 0 Å². The maximum absolute atomic E-state index is 12.0. The highest BCUT2D eigenvalue weighted by Crippen LogP contribution is 2.29. The van der Waals surface area contributed by atoms with Gasteiger partial charge in [0.1, 0.15) is 0 Å². The number of amides is 2. The molecule has 2 N–H and O–H groups in total. The fraction of sp³-hybridized carbons (Fsp3) is 0.857. The van der Waals surface area contributed by atoms with Gasteiger partial charge in [0.25, 0.3) is 0 Å². The molecule has 20 heavy (non-hydrogen) atoms. The number of carbonyl (C=O) groups excluding carboxylic acids is 1. The van der Waals surface area contributed by atoms with Gasteiger partial charge in [-0.3, -0.25) is 4.79 Å². The number of nitrogens with one attached hydrogen (secondary N) is 1. The minimum Gasteiger partial charge on any atom is -0.481 e. The zero-order valence-corrected chi connectivity index (χ0v) is 12.4. The monoisotopic (exact) mass is 286 g/mol. The maximum Gasteiger partial charge on any atom is 0.317 e. The predicted molar refractivity (Wildman–Crippen MR) is 75.6 cm³/mol. The van der Waals surface area contributed by atoms with E-state index in [-0.39, 0.29) is 17.9 Å². The molecular weight excluding hydrogens is 260 g/mol. The van der Waals surface area contributed by atoms with E-state index in [1.54, 1.807) is 12.0 Å². The van der Waals surface area contributed by atoms with Crippen molar-refractivity contribution in [2.24, 2.45) is 11.8 Å². The fourth-order valence-corrected chi connectivity index (χ4v) is 2.71. The van der Waals surface area contributed by atoms with Crippen LogP contribution in [0.2, 0.25) is 0 Å². The van der Waals surface area contributed by atoms with Crippen LogP contribution in [-0.2, 0) is 9.53 Å². The molecule has 0 radical (unpaired) electrons. The van der Waals surface area contributed by atoms with E-state index in [1.165, 1.54) is 0 Å². The maximum atomic E-state index is 12.0. The third-order valence-corrected chi connectivity index (χ3v) is 3.98. The number of hydrogen-bond acceptors (Lipinski definition) is 3. The molecule has 0 heterocycles. The average molecular weight is 286 g/mol. The molecule has 116 valence electrons. The minimum atomic E-state index is -0.740. The Hall–Kier alpha value is -1.30. The van der Waals surface area contributed by atoms with Crippen molar-refractivity contribution in [2.45, 2.75) is 32.6 Å². The quantitative estimate of drug-likeness (QED) is 0.744. The van der Waals surface area contributed by atoms with E-state index in [2.05, 4.69) is 5.32 Å². The van der Waals surface area contributed by atoms with Gasteiger partial charge in [0.05, 0.1) is 12.5 Å². The topological polar surface area (TPSA) is 78.9 Å². The summed E-state index contributed by atoms with van der Waals surface area (Å²) in [5.41, 5.74) is 0. The van der Waals surface area contributed by atoms with Gasteiger partial charge < -0.3 is 20.1 Å². The fourth-order valence-electron chi connectivity index (χ4n) is 2.71. The summed E-state index contributed by atoms with van der Waals surface area (Å²) in [7, 11) is 1.60. The molecule has 0 aliphatic heterocycles. The first-order chi connectivity index (χ1) is 9.60. The van der Waals surface area contributed by atoms with E-state index in [1.807, 2.05) is 6.92 Å². The number of carboxylic acid groups (broad SMARTS) is 1. The van der Waals surface area contributed by atoms with Gasteiger partial charge in [0.2, 0.25) is 0 Å². The number of ether oxygens (including phenoxy) is 1. The molecule has 0 aromatic heterocycles. The van der Waals surface area contributed by atoms with E-state index >= 15 is 0 Å². The van der Waals surface area contributed by atoms with Crippen molar-refractivity contribution in [1.82, 2.24) is 10.2 Å². The van der Waals surface area contributed by atoms with Crippen LogP contribution in [0.3, 0.4) is 0 Å². The molecule has 0 spiro atoms. The third-order valence-electron chi connectivity index (χ3n) is 3.98. The van der Waals surface area contributed by atoms with Gasteiger partial charge in [0, 0.05) is 26.7 Å². The second-order valence-electron chi connectivity index (χ2n) is 5.25. The van der Waals surface area contributed by atoms with Crippen LogP contribution in [0, 0.1) is 11.8 Å². The van der Waals surface area contributed by atoms with Crippen molar-refractivity contribution >= 4 is 12.0 Å². The highest BCUT2D eigenvalue weighted by atomic mass is 16.5. The SMILES string of the molecule is CCN(CCOC)C(=O)NCC1CCCCC1C(=O)O. The summed E-state index contributed by atoms with van der Waals surface area (Å²) < 4.78 is 4.97. The second kappa shape index (κ2) is 8.79. The van der Waals surface area contributed by atoms with Crippen LogP contribution in [0.15, 0.2) is 0 Å². The van der Waals surface area contributed by atoms with Crippen molar-refractivity contribution in [2.75, 3.05) is 33.4 Å². The summed E-state index contributed by atoms with van der Waals surface area (Å²) in [4.78, 5) is 24.9. The van der Waals surface area contributed by atoms with E-state index in [4.69, 9.17) is 4.74 Å². The zero-order valence-electron chi connectivity index (χ0n) is 12.4. The molecule has 2 amide bonds. The van der Waals surface area contributed by atoms with E-state index < -0.39 is 5.97 Å². The number of nitrogens with zero attached hydrogens (tertiary/aromatic N) is 1. The highest BCUT2D eigenvalue weighted by Gasteiger charge is 2.31. The first-order valence-electron chi connectivity index (χ1n) is 7.34. The lowest BCUT2D eigenvalue weighted by molar-refractivity contribution is -0.144. The molecule has 0 bridgehead atoms. The van der Waals surface area contributed by atoms with Crippen LogP contribution in [0.25, 0.3) is 0 Å². The molecule has 6 nitrogen and oxygen atoms in total. The first kappa shape index (κ1) is 16.8. The lowest BCUT2D eigenvalue weighted by Gasteiger charge is -2.29. The van der Waals surface area contributed by atoms with Crippen LogP contribution in [0.1, 0.15) is 32.6 Å². The summed E-state index contributed by atoms with van der Waals surface area (Å²) in [6.45, 7) is 4.02. The second-order valence-corrected chi connectivity index (χ2v) is 5.25. The van der Waals surface area contributed by atoms with E-state index in [0.29, 0.717) is 26.2 Å². The van der Waals surface area contributed by atoms with Crippen molar-refractivity contribution in [3.63, 3.8) is 0 Å². The highest BCUT2D eigenvalue weighted by molar-refractivity contribution is 5.74. The van der Waals surface area contributed by atoms with Crippen molar-refractivity contribution < 1.29 is 19.4 Å². The molecule has 1 saturated carbocycles. The Morgan fingerprint density at radius 3 is 2.65 bits per heavy atom. The van der Waals surface area contributed by atoms with Crippen molar-refractivity contribution in [3.8, 4) is 0 Å². The lowest BCUT2D eigenvalue weighted by Crippen LogP contribution is -2.45. The van der Waals surface area contributed by atoms with Crippen molar-refractivity contribution in [1.29, 1.82) is 0 Å². The molecule has 2 unspecified atom stereocenters. The molecule has 1 aliphatic rings. The number of carbonyl (C=O) groups is 2. The van der Waals surface area contributed by atoms with Crippen LogP contribution >= 0.6 is 0 Å². The Balaban J connectivity index is 2.43. The normalized spacial score (nSPS) is 22.3. The molecule has 1 fully saturated rings. The van der Waals surface area contributed by atoms with E-state index in [9.17, 15) is 14.7 Å². The van der Waals surface area contributed by atoms with Crippen LogP contribution in [0.4, 0.5) is 4.79 Å². The average Bonchev–Trinajstić information content (AvgIpc) is 2.46. The zero-order chi connectivity index (χ0) is 15.0. The summed E-state index contributed by atoms with van der Waals surface area (Å²) in [5, 5.41) is 12.1. The molecule has 1 rings (SSSR count). The first-order valence-corrected chi connectivity index (χ1v) is 7.34. The number of hydrogen-bond donors (Lipinski definition) is 2. The van der Waals surface area contributed by atoms with Gasteiger partial charge in [0.15, 0.2) is 0 Å². The summed E-state index contributed by atoms with van der Waals surface area (Å²) in [6.07, 6.45) is 3.61. The molecule has 0 aromatic carbocycles. The Morgan fingerprint density at radius 2 is 2.05 bits per heavy atom. The van der Waals surface area contributed by atoms with Crippen molar-refractivity contribution in [3.05, 3.63) is 0 Å². The van der Waals surface area contributed by atoms with Crippen LogP contribution in [-0.4, -0.2) is 55.4 Å². The molecule has 0 aromatic rings. The number of rotatable bonds is 7. The Bertz CT molecular complexity index is 322. The number of aliphatic carboxylic acids is 1. The standard InChI is InChI=1S/C14H26N2O4/c1-3-16(8-9-20-2)14(19)15-10-11-6-4-5-7-12(11)13(17)18/h11-12H,3-10H2,1-2H3,(H,15,19)(H,17,18). The summed E-state index contributed by atoms with van der Waals surface area (Å²) >= 11 is 0. The Kier molecular flexibility index (Phi) is 7.36.